The lowest BCUT2D eigenvalue weighted by Crippen LogP contribution is -2.12. The van der Waals surface area contributed by atoms with Gasteiger partial charge in [-0.3, -0.25) is 0 Å². The zero-order valence-electron chi connectivity index (χ0n) is 12.8. The maximum atomic E-state index is 13.1. The van der Waals surface area contributed by atoms with Crippen molar-refractivity contribution in [2.24, 2.45) is 0 Å². The quantitative estimate of drug-likeness (QED) is 0.790. The van der Waals surface area contributed by atoms with E-state index in [4.69, 9.17) is 0 Å². The number of halogens is 1. The predicted octanol–water partition coefficient (Wildman–Crippen LogP) is 4.13. The molecule has 0 atom stereocenters. The van der Waals surface area contributed by atoms with E-state index in [1.807, 2.05) is 32.0 Å². The lowest BCUT2D eigenvalue weighted by Gasteiger charge is -2.13. The molecule has 114 valence electrons. The van der Waals surface area contributed by atoms with Crippen LogP contribution in [0.15, 0.2) is 42.5 Å². The standard InChI is InChI=1S/C18H15FN4/c1-11(2)21-18-15-8-5-13(12-3-6-14(19)7-4-12)9-16(15)22-23-17(18)10-20/h3-9,11H,1-2H3,(H,21,22). The Morgan fingerprint density at radius 1 is 1.04 bits per heavy atom. The number of aromatic nitrogens is 2. The number of anilines is 1. The van der Waals surface area contributed by atoms with Gasteiger partial charge in [0.2, 0.25) is 0 Å². The monoisotopic (exact) mass is 306 g/mol. The Morgan fingerprint density at radius 2 is 1.74 bits per heavy atom. The summed E-state index contributed by atoms with van der Waals surface area (Å²) in [5.74, 6) is -0.267. The first kappa shape index (κ1) is 14.9. The van der Waals surface area contributed by atoms with Gasteiger partial charge in [0.15, 0.2) is 5.69 Å². The highest BCUT2D eigenvalue weighted by molar-refractivity contribution is 5.95. The summed E-state index contributed by atoms with van der Waals surface area (Å²) in [5, 5.41) is 21.5. The van der Waals surface area contributed by atoms with E-state index in [1.165, 1.54) is 12.1 Å². The SMILES string of the molecule is CC(C)Nc1c(C#N)nnc2cc(-c3ccc(F)cc3)ccc12. The summed E-state index contributed by atoms with van der Waals surface area (Å²) in [4.78, 5) is 0. The van der Waals surface area contributed by atoms with Crippen LogP contribution in [0.5, 0.6) is 0 Å². The third-order valence-electron chi connectivity index (χ3n) is 3.48. The van der Waals surface area contributed by atoms with Crippen molar-refractivity contribution in [3.8, 4) is 17.2 Å². The molecule has 4 nitrogen and oxygen atoms in total. The number of hydrogen-bond acceptors (Lipinski definition) is 4. The van der Waals surface area contributed by atoms with Gasteiger partial charge in [-0.15, -0.1) is 10.2 Å². The molecule has 0 aliphatic heterocycles. The Bertz CT molecular complexity index is 895. The summed E-state index contributed by atoms with van der Waals surface area (Å²) in [6.07, 6.45) is 0. The molecule has 0 fully saturated rings. The first-order valence-corrected chi connectivity index (χ1v) is 7.31. The van der Waals surface area contributed by atoms with Crippen LogP contribution in [0.2, 0.25) is 0 Å². The molecule has 1 aromatic heterocycles. The third-order valence-corrected chi connectivity index (χ3v) is 3.48. The number of benzene rings is 2. The smallest absolute Gasteiger partial charge is 0.186 e. The zero-order chi connectivity index (χ0) is 16.4. The van der Waals surface area contributed by atoms with E-state index in [1.54, 1.807) is 12.1 Å². The molecule has 3 rings (SSSR count). The number of nitrogens with one attached hydrogen (secondary N) is 1. The van der Waals surface area contributed by atoms with Crippen LogP contribution in [0.3, 0.4) is 0 Å². The fourth-order valence-corrected chi connectivity index (χ4v) is 2.44. The largest absolute Gasteiger partial charge is 0.380 e. The highest BCUT2D eigenvalue weighted by Crippen LogP contribution is 2.29. The molecule has 0 saturated heterocycles. The van der Waals surface area contributed by atoms with Crippen LogP contribution in [0.4, 0.5) is 10.1 Å². The Morgan fingerprint density at radius 3 is 2.39 bits per heavy atom. The van der Waals surface area contributed by atoms with Crippen LogP contribution in [0, 0.1) is 17.1 Å². The van der Waals surface area contributed by atoms with E-state index in [0.29, 0.717) is 11.2 Å². The van der Waals surface area contributed by atoms with Crippen LogP contribution >= 0.6 is 0 Å². The lowest BCUT2D eigenvalue weighted by molar-refractivity contribution is 0.628. The molecule has 0 amide bonds. The van der Waals surface area contributed by atoms with Crippen molar-refractivity contribution in [2.45, 2.75) is 19.9 Å². The van der Waals surface area contributed by atoms with E-state index in [9.17, 15) is 9.65 Å². The van der Waals surface area contributed by atoms with E-state index in [2.05, 4.69) is 21.6 Å². The molecule has 0 radical (unpaired) electrons. The minimum Gasteiger partial charge on any atom is -0.380 e. The van der Waals surface area contributed by atoms with Gasteiger partial charge in [0, 0.05) is 11.4 Å². The van der Waals surface area contributed by atoms with Crippen molar-refractivity contribution in [2.75, 3.05) is 5.32 Å². The molecule has 0 aliphatic carbocycles. The number of nitrogens with zero attached hydrogens (tertiary/aromatic N) is 3. The molecule has 23 heavy (non-hydrogen) atoms. The van der Waals surface area contributed by atoms with E-state index >= 15 is 0 Å². The molecule has 0 spiro atoms. The summed E-state index contributed by atoms with van der Waals surface area (Å²) in [6, 6.07) is 14.3. The number of fused-ring (bicyclic) bond motifs is 1. The Hall–Kier alpha value is -3.00. The van der Waals surface area contributed by atoms with Crippen molar-refractivity contribution < 1.29 is 4.39 Å². The van der Waals surface area contributed by atoms with E-state index < -0.39 is 0 Å². The molecular weight excluding hydrogens is 291 g/mol. The maximum absolute atomic E-state index is 13.1. The number of rotatable bonds is 3. The first-order chi connectivity index (χ1) is 11.1. The molecule has 0 saturated carbocycles. The van der Waals surface area contributed by atoms with Crippen molar-refractivity contribution in [1.82, 2.24) is 10.2 Å². The summed E-state index contributed by atoms with van der Waals surface area (Å²) in [5.41, 5.74) is 3.48. The molecule has 0 aliphatic rings. The van der Waals surface area contributed by atoms with Gasteiger partial charge in [0.05, 0.1) is 11.2 Å². The van der Waals surface area contributed by atoms with Gasteiger partial charge in [-0.05, 0) is 49.2 Å². The summed E-state index contributed by atoms with van der Waals surface area (Å²) in [6.45, 7) is 4.00. The van der Waals surface area contributed by atoms with Crippen LogP contribution in [-0.4, -0.2) is 16.2 Å². The number of nitriles is 1. The van der Waals surface area contributed by atoms with Crippen LogP contribution in [-0.2, 0) is 0 Å². The van der Waals surface area contributed by atoms with Crippen molar-refractivity contribution in [1.29, 1.82) is 5.26 Å². The van der Waals surface area contributed by atoms with Crippen LogP contribution in [0.1, 0.15) is 19.5 Å². The minimum absolute atomic E-state index is 0.172. The molecular formula is C18H15FN4. The molecule has 3 aromatic rings. The second-order valence-corrected chi connectivity index (χ2v) is 5.57. The van der Waals surface area contributed by atoms with Crippen LogP contribution in [0.25, 0.3) is 22.0 Å². The zero-order valence-corrected chi connectivity index (χ0v) is 12.8. The predicted molar refractivity (Wildman–Crippen MR) is 88.4 cm³/mol. The van der Waals surface area contributed by atoms with Gasteiger partial charge in [-0.1, -0.05) is 18.2 Å². The second-order valence-electron chi connectivity index (χ2n) is 5.57. The first-order valence-electron chi connectivity index (χ1n) is 7.31. The highest BCUT2D eigenvalue weighted by Gasteiger charge is 2.12. The highest BCUT2D eigenvalue weighted by atomic mass is 19.1. The van der Waals surface area contributed by atoms with Crippen molar-refractivity contribution >= 4 is 16.6 Å². The summed E-state index contributed by atoms with van der Waals surface area (Å²) in [7, 11) is 0. The van der Waals surface area contributed by atoms with Gasteiger partial charge in [0.1, 0.15) is 11.9 Å². The minimum atomic E-state index is -0.267. The van der Waals surface area contributed by atoms with Gasteiger partial charge >= 0.3 is 0 Å². The van der Waals surface area contributed by atoms with E-state index in [0.717, 1.165) is 16.5 Å². The molecule has 0 bridgehead atoms. The molecule has 2 aromatic carbocycles. The molecule has 5 heteroatoms. The normalized spacial score (nSPS) is 10.7. The molecule has 1 N–H and O–H groups in total. The summed E-state index contributed by atoms with van der Waals surface area (Å²) >= 11 is 0. The second kappa shape index (κ2) is 6.01. The number of hydrogen-bond donors (Lipinski definition) is 1. The molecule has 1 heterocycles. The van der Waals surface area contributed by atoms with Gasteiger partial charge in [-0.25, -0.2) is 4.39 Å². The Balaban J connectivity index is 2.14. The lowest BCUT2D eigenvalue weighted by atomic mass is 10.0. The van der Waals surface area contributed by atoms with Gasteiger partial charge in [0.25, 0.3) is 0 Å². The van der Waals surface area contributed by atoms with Gasteiger partial charge < -0.3 is 5.32 Å². The van der Waals surface area contributed by atoms with Crippen molar-refractivity contribution in [3.05, 3.63) is 54.0 Å². The fraction of sp³-hybridized carbons (Fsp3) is 0.167. The fourth-order valence-electron chi connectivity index (χ4n) is 2.44. The van der Waals surface area contributed by atoms with Gasteiger partial charge in [-0.2, -0.15) is 5.26 Å². The Labute approximate surface area is 133 Å². The Kier molecular flexibility index (Phi) is 3.90. The third kappa shape index (κ3) is 2.97. The van der Waals surface area contributed by atoms with Crippen LogP contribution < -0.4 is 5.32 Å². The van der Waals surface area contributed by atoms with E-state index in [-0.39, 0.29) is 17.6 Å². The average Bonchev–Trinajstić information content (AvgIpc) is 2.55. The molecule has 0 unspecified atom stereocenters. The average molecular weight is 306 g/mol. The van der Waals surface area contributed by atoms with Crippen molar-refractivity contribution in [3.63, 3.8) is 0 Å². The topological polar surface area (TPSA) is 61.6 Å². The maximum Gasteiger partial charge on any atom is 0.186 e. The summed E-state index contributed by atoms with van der Waals surface area (Å²) < 4.78 is 13.1.